The second kappa shape index (κ2) is 13.1. The average molecular weight is 528 g/mol. The smallest absolute Gasteiger partial charge is 0.146 e. The summed E-state index contributed by atoms with van der Waals surface area (Å²) in [5.74, 6) is 2.43. The zero-order chi connectivity index (χ0) is 26.2. The van der Waals surface area contributed by atoms with Gasteiger partial charge in [0.1, 0.15) is 18.2 Å². The molecule has 0 saturated carbocycles. The zero-order valence-corrected chi connectivity index (χ0v) is 22.9. The number of likely N-dealkylation sites (tertiary alicyclic amines) is 1. The predicted molar refractivity (Wildman–Crippen MR) is 159 cm³/mol. The Labute approximate surface area is 231 Å². The molecule has 1 fully saturated rings. The van der Waals surface area contributed by atoms with Gasteiger partial charge in [-0.25, -0.2) is 4.98 Å². The molecule has 2 heterocycles. The van der Waals surface area contributed by atoms with Gasteiger partial charge in [0.05, 0.1) is 11.0 Å². The Bertz CT molecular complexity index is 1310. The number of aryl methyl sites for hydroxylation is 2. The maximum atomic E-state index is 5.97. The number of aromatic amines is 1. The number of halogens is 1. The molecule has 38 heavy (non-hydrogen) atoms. The molecule has 0 spiro atoms. The van der Waals surface area contributed by atoms with Gasteiger partial charge in [-0.3, -0.25) is 0 Å². The molecule has 0 aliphatic carbocycles. The lowest BCUT2D eigenvalue weighted by Crippen LogP contribution is -2.34. The number of fused-ring (bicyclic) bond motifs is 1. The van der Waals surface area contributed by atoms with Crippen LogP contribution in [0.25, 0.3) is 17.1 Å². The number of ether oxygens (including phenoxy) is 1. The number of rotatable bonds is 12. The average Bonchev–Trinajstić information content (AvgIpc) is 3.37. The van der Waals surface area contributed by atoms with Crippen molar-refractivity contribution in [1.29, 1.82) is 0 Å². The van der Waals surface area contributed by atoms with Crippen molar-refractivity contribution in [2.75, 3.05) is 19.6 Å². The fourth-order valence-corrected chi connectivity index (χ4v) is 5.74. The third-order valence-corrected chi connectivity index (χ3v) is 8.03. The molecule has 0 atom stereocenters. The monoisotopic (exact) mass is 527 g/mol. The van der Waals surface area contributed by atoms with Crippen LogP contribution in [0, 0.1) is 5.92 Å². The van der Waals surface area contributed by atoms with Crippen LogP contribution in [-0.4, -0.2) is 34.5 Å². The second-order valence-electron chi connectivity index (χ2n) is 10.4. The summed E-state index contributed by atoms with van der Waals surface area (Å²) in [5.41, 5.74) is 5.94. The van der Waals surface area contributed by atoms with E-state index in [1.165, 1.54) is 69.3 Å². The third-order valence-electron chi connectivity index (χ3n) is 7.77. The Balaban J connectivity index is 1.08. The molecule has 0 amide bonds. The highest BCUT2D eigenvalue weighted by Crippen LogP contribution is 2.27. The van der Waals surface area contributed by atoms with Crippen molar-refractivity contribution in [3.63, 3.8) is 0 Å². The highest BCUT2D eigenvalue weighted by atomic mass is 35.5. The summed E-state index contributed by atoms with van der Waals surface area (Å²) in [6, 6.07) is 22.6. The number of imidazole rings is 1. The quantitative estimate of drug-likeness (QED) is 0.202. The zero-order valence-electron chi connectivity index (χ0n) is 22.2. The topological polar surface area (TPSA) is 41.2 Å². The second-order valence-corrected chi connectivity index (χ2v) is 10.9. The van der Waals surface area contributed by atoms with Crippen LogP contribution in [0.2, 0.25) is 5.02 Å². The highest BCUT2D eigenvalue weighted by molar-refractivity contribution is 6.30. The van der Waals surface area contributed by atoms with Crippen LogP contribution in [-0.2, 0) is 19.4 Å². The van der Waals surface area contributed by atoms with Crippen LogP contribution in [0.4, 0.5) is 0 Å². The van der Waals surface area contributed by atoms with Crippen molar-refractivity contribution in [3.8, 4) is 5.75 Å². The van der Waals surface area contributed by atoms with Crippen molar-refractivity contribution in [3.05, 3.63) is 101 Å². The number of H-pyrrole nitrogens is 1. The molecule has 1 aliphatic heterocycles. The molecule has 0 bridgehead atoms. The van der Waals surface area contributed by atoms with Gasteiger partial charge in [-0.1, -0.05) is 67.1 Å². The Morgan fingerprint density at radius 2 is 1.76 bits per heavy atom. The van der Waals surface area contributed by atoms with E-state index in [2.05, 4.69) is 58.9 Å². The van der Waals surface area contributed by atoms with Gasteiger partial charge in [-0.2, -0.15) is 0 Å². The highest BCUT2D eigenvalue weighted by Gasteiger charge is 2.19. The first-order valence-corrected chi connectivity index (χ1v) is 14.3. The lowest BCUT2D eigenvalue weighted by Gasteiger charge is -2.32. The van der Waals surface area contributed by atoms with Crippen molar-refractivity contribution >= 4 is 28.7 Å². The summed E-state index contributed by atoms with van der Waals surface area (Å²) in [4.78, 5) is 10.9. The van der Waals surface area contributed by atoms with Crippen LogP contribution >= 0.6 is 11.6 Å². The summed E-state index contributed by atoms with van der Waals surface area (Å²) in [6.07, 6.45) is 10.6. The maximum Gasteiger partial charge on any atom is 0.146 e. The van der Waals surface area contributed by atoms with Gasteiger partial charge in [-0.15, -0.1) is 0 Å². The van der Waals surface area contributed by atoms with Gasteiger partial charge in [0.25, 0.3) is 0 Å². The number of hydrogen-bond donors (Lipinski definition) is 1. The van der Waals surface area contributed by atoms with E-state index < -0.39 is 0 Å². The van der Waals surface area contributed by atoms with Gasteiger partial charge in [0.15, 0.2) is 0 Å². The van der Waals surface area contributed by atoms with E-state index in [9.17, 15) is 0 Å². The number of piperidine rings is 1. The molecule has 5 rings (SSSR count). The lowest BCUT2D eigenvalue weighted by molar-refractivity contribution is 0.176. The Morgan fingerprint density at radius 3 is 2.53 bits per heavy atom. The number of nitrogens with zero attached hydrogens (tertiary/aromatic N) is 2. The first kappa shape index (κ1) is 26.5. The molecule has 4 nitrogen and oxygen atoms in total. The Hall–Kier alpha value is -3.08. The molecule has 1 N–H and O–H groups in total. The van der Waals surface area contributed by atoms with Gasteiger partial charge in [-0.05, 0) is 106 Å². The predicted octanol–water partition coefficient (Wildman–Crippen LogP) is 8.11. The van der Waals surface area contributed by atoms with Crippen LogP contribution < -0.4 is 4.74 Å². The first-order chi connectivity index (χ1) is 18.7. The number of benzene rings is 3. The maximum absolute atomic E-state index is 5.97. The van der Waals surface area contributed by atoms with E-state index in [1.54, 1.807) is 0 Å². The lowest BCUT2D eigenvalue weighted by atomic mass is 9.90. The van der Waals surface area contributed by atoms with E-state index in [4.69, 9.17) is 21.3 Å². The molecule has 1 aromatic heterocycles. The molecule has 198 valence electrons. The molecule has 0 unspecified atom stereocenters. The third kappa shape index (κ3) is 7.06. The van der Waals surface area contributed by atoms with Gasteiger partial charge in [0, 0.05) is 10.6 Å². The van der Waals surface area contributed by atoms with Gasteiger partial charge >= 0.3 is 0 Å². The summed E-state index contributed by atoms with van der Waals surface area (Å²) in [6.45, 7) is 8.20. The fraction of sp³-hybridized carbons (Fsp3) is 0.364. The summed E-state index contributed by atoms with van der Waals surface area (Å²) in [7, 11) is 0. The number of hydrogen-bond acceptors (Lipinski definition) is 3. The molecular weight excluding hydrogens is 490 g/mol. The molecule has 1 aliphatic rings. The van der Waals surface area contributed by atoms with E-state index in [1.807, 2.05) is 30.3 Å². The molecule has 3 aromatic carbocycles. The minimum Gasteiger partial charge on any atom is -0.486 e. The van der Waals surface area contributed by atoms with Crippen LogP contribution in [0.1, 0.15) is 54.6 Å². The standard InChI is InChI=1S/C33H38ClN3O/c1-2-30-27(13-18-31-33(30)36-32(35-31)24-38-29-16-14-28(34)15-17-29)12-6-10-26-19-22-37(23-20-26)21-7-11-25-8-4-3-5-9-25/h2-5,8-9,13-18,26H,1,6-7,10-12,19-24H2,(H,35,36). The molecular formula is C33H38ClN3O. The van der Waals surface area contributed by atoms with E-state index in [0.717, 1.165) is 40.5 Å². The molecule has 1 saturated heterocycles. The molecule has 4 aromatic rings. The van der Waals surface area contributed by atoms with Crippen LogP contribution in [0.15, 0.2) is 73.3 Å². The first-order valence-electron chi connectivity index (χ1n) is 14.0. The minimum atomic E-state index is 0.382. The Morgan fingerprint density at radius 1 is 0.974 bits per heavy atom. The number of nitrogens with one attached hydrogen (secondary N) is 1. The van der Waals surface area contributed by atoms with E-state index >= 15 is 0 Å². The summed E-state index contributed by atoms with van der Waals surface area (Å²) < 4.78 is 5.88. The van der Waals surface area contributed by atoms with Crippen molar-refractivity contribution < 1.29 is 4.74 Å². The largest absolute Gasteiger partial charge is 0.486 e. The summed E-state index contributed by atoms with van der Waals surface area (Å²) >= 11 is 5.97. The summed E-state index contributed by atoms with van der Waals surface area (Å²) in [5, 5.41) is 0.698. The van der Waals surface area contributed by atoms with Crippen molar-refractivity contribution in [2.45, 2.75) is 51.6 Å². The van der Waals surface area contributed by atoms with Gasteiger partial charge < -0.3 is 14.6 Å². The van der Waals surface area contributed by atoms with Crippen molar-refractivity contribution in [1.82, 2.24) is 14.9 Å². The van der Waals surface area contributed by atoms with Crippen molar-refractivity contribution in [2.24, 2.45) is 5.92 Å². The molecule has 0 radical (unpaired) electrons. The van der Waals surface area contributed by atoms with Crippen LogP contribution in [0.3, 0.4) is 0 Å². The minimum absolute atomic E-state index is 0.382. The Kier molecular flexibility index (Phi) is 9.16. The normalized spacial score (nSPS) is 14.7. The van der Waals surface area contributed by atoms with Crippen LogP contribution in [0.5, 0.6) is 5.75 Å². The molecule has 5 heteroatoms. The van der Waals surface area contributed by atoms with Gasteiger partial charge in [0.2, 0.25) is 0 Å². The van der Waals surface area contributed by atoms with E-state index in [0.29, 0.717) is 11.6 Å². The van der Waals surface area contributed by atoms with E-state index in [-0.39, 0.29) is 0 Å². The fourth-order valence-electron chi connectivity index (χ4n) is 5.62. The number of aromatic nitrogens is 2. The SMILES string of the molecule is C=Cc1c(CCCC2CCN(CCCc3ccccc3)CC2)ccc2[nH]c(COc3ccc(Cl)cc3)nc12.